The summed E-state index contributed by atoms with van der Waals surface area (Å²) < 4.78 is 16.0. The van der Waals surface area contributed by atoms with E-state index in [4.69, 9.17) is 14.2 Å². The van der Waals surface area contributed by atoms with Gasteiger partial charge in [-0.15, -0.1) is 0 Å². The lowest BCUT2D eigenvalue weighted by Gasteiger charge is -2.21. The molecule has 0 aromatic heterocycles. The van der Waals surface area contributed by atoms with Crippen molar-refractivity contribution in [2.45, 2.75) is 25.8 Å². The monoisotopic (exact) mass is 293 g/mol. The van der Waals surface area contributed by atoms with Crippen LogP contribution in [0.25, 0.3) is 0 Å². The highest BCUT2D eigenvalue weighted by Crippen LogP contribution is 2.28. The molecule has 1 aromatic carbocycles. The van der Waals surface area contributed by atoms with Gasteiger partial charge in [0.05, 0.1) is 20.3 Å². The molecule has 0 unspecified atom stereocenters. The van der Waals surface area contributed by atoms with Crippen LogP contribution in [0, 0.1) is 0 Å². The van der Waals surface area contributed by atoms with E-state index in [-0.39, 0.29) is 5.97 Å². The molecule has 0 aliphatic heterocycles. The van der Waals surface area contributed by atoms with Crippen molar-refractivity contribution in [3.05, 3.63) is 24.3 Å². The molecule has 116 valence electrons. The van der Waals surface area contributed by atoms with E-state index >= 15 is 0 Å². The summed E-state index contributed by atoms with van der Waals surface area (Å²) in [6.45, 7) is 3.82. The first-order valence-corrected chi connectivity index (χ1v) is 7.40. The second kappa shape index (κ2) is 7.88. The summed E-state index contributed by atoms with van der Waals surface area (Å²) in [4.78, 5) is 13.7. The van der Waals surface area contributed by atoms with E-state index < -0.39 is 0 Å². The SMILES string of the molecule is CCOC(=O)CN(CCOc1ccccc1OC)C1CC1. The number of para-hydroxylation sites is 2. The zero-order valence-corrected chi connectivity index (χ0v) is 12.7. The molecule has 0 saturated heterocycles. The second-order valence-corrected chi connectivity index (χ2v) is 5.01. The van der Waals surface area contributed by atoms with Gasteiger partial charge in [0.1, 0.15) is 6.61 Å². The molecule has 0 spiro atoms. The molecule has 0 N–H and O–H groups in total. The van der Waals surface area contributed by atoms with Crippen LogP contribution in [0.3, 0.4) is 0 Å². The predicted molar refractivity (Wildman–Crippen MR) is 79.7 cm³/mol. The van der Waals surface area contributed by atoms with Crippen molar-refractivity contribution >= 4 is 5.97 Å². The average molecular weight is 293 g/mol. The number of nitrogens with zero attached hydrogens (tertiary/aromatic N) is 1. The standard InChI is InChI=1S/C16H23NO4/c1-3-20-16(18)12-17(13-8-9-13)10-11-21-15-7-5-4-6-14(15)19-2/h4-7,13H,3,8-12H2,1-2H3. The molecule has 0 bridgehead atoms. The Bertz CT molecular complexity index is 459. The van der Waals surface area contributed by atoms with Crippen molar-refractivity contribution in [2.24, 2.45) is 0 Å². The Balaban J connectivity index is 1.80. The number of benzene rings is 1. The highest BCUT2D eigenvalue weighted by molar-refractivity contribution is 5.71. The predicted octanol–water partition coefficient (Wildman–Crippen LogP) is 2.10. The fourth-order valence-corrected chi connectivity index (χ4v) is 2.21. The smallest absolute Gasteiger partial charge is 0.320 e. The van der Waals surface area contributed by atoms with Crippen molar-refractivity contribution in [2.75, 3.05) is 33.4 Å². The highest BCUT2D eigenvalue weighted by atomic mass is 16.5. The van der Waals surface area contributed by atoms with Crippen LogP contribution in [0.5, 0.6) is 11.5 Å². The maximum atomic E-state index is 11.6. The topological polar surface area (TPSA) is 48.0 Å². The lowest BCUT2D eigenvalue weighted by molar-refractivity contribution is -0.144. The Hall–Kier alpha value is -1.75. The summed E-state index contributed by atoms with van der Waals surface area (Å²) in [6.07, 6.45) is 2.29. The normalized spacial score (nSPS) is 14.0. The Morgan fingerprint density at radius 2 is 2.00 bits per heavy atom. The van der Waals surface area contributed by atoms with Crippen LogP contribution >= 0.6 is 0 Å². The van der Waals surface area contributed by atoms with E-state index in [0.717, 1.165) is 24.3 Å². The zero-order valence-electron chi connectivity index (χ0n) is 12.7. The number of ether oxygens (including phenoxy) is 3. The summed E-state index contributed by atoms with van der Waals surface area (Å²) in [5, 5.41) is 0. The van der Waals surface area contributed by atoms with Crippen LogP contribution in [0.1, 0.15) is 19.8 Å². The molecule has 1 aliphatic rings. The maximum absolute atomic E-state index is 11.6. The third-order valence-corrected chi connectivity index (χ3v) is 3.41. The Kier molecular flexibility index (Phi) is 5.87. The van der Waals surface area contributed by atoms with Gasteiger partial charge in [-0.25, -0.2) is 0 Å². The lowest BCUT2D eigenvalue weighted by Crippen LogP contribution is -2.36. The van der Waals surface area contributed by atoms with Gasteiger partial charge in [0.2, 0.25) is 0 Å². The number of carbonyl (C=O) groups excluding carboxylic acids is 1. The van der Waals surface area contributed by atoms with Gasteiger partial charge in [-0.2, -0.15) is 0 Å². The van der Waals surface area contributed by atoms with Gasteiger partial charge in [-0.05, 0) is 31.9 Å². The fourth-order valence-electron chi connectivity index (χ4n) is 2.21. The molecule has 1 aromatic rings. The third-order valence-electron chi connectivity index (χ3n) is 3.41. The van der Waals surface area contributed by atoms with Crippen LogP contribution in [0.2, 0.25) is 0 Å². The summed E-state index contributed by atoms with van der Waals surface area (Å²) in [7, 11) is 1.62. The molecule has 5 heteroatoms. The van der Waals surface area contributed by atoms with Crippen molar-refractivity contribution in [3.63, 3.8) is 0 Å². The molecule has 21 heavy (non-hydrogen) atoms. The molecule has 0 heterocycles. The van der Waals surface area contributed by atoms with Gasteiger partial charge in [-0.1, -0.05) is 12.1 Å². The number of methoxy groups -OCH3 is 1. The van der Waals surface area contributed by atoms with Gasteiger partial charge in [0.25, 0.3) is 0 Å². The molecule has 0 atom stereocenters. The molecule has 1 fully saturated rings. The fraction of sp³-hybridized carbons (Fsp3) is 0.562. The van der Waals surface area contributed by atoms with Crippen LogP contribution < -0.4 is 9.47 Å². The largest absolute Gasteiger partial charge is 0.493 e. The second-order valence-electron chi connectivity index (χ2n) is 5.01. The molecule has 0 amide bonds. The Morgan fingerprint density at radius 3 is 2.62 bits per heavy atom. The first-order valence-electron chi connectivity index (χ1n) is 7.40. The van der Waals surface area contributed by atoms with E-state index in [1.807, 2.05) is 31.2 Å². The zero-order chi connectivity index (χ0) is 15.1. The first-order chi connectivity index (χ1) is 10.2. The van der Waals surface area contributed by atoms with Gasteiger partial charge in [0, 0.05) is 12.6 Å². The van der Waals surface area contributed by atoms with Crippen molar-refractivity contribution in [1.82, 2.24) is 4.90 Å². The third kappa shape index (κ3) is 4.93. The van der Waals surface area contributed by atoms with Crippen molar-refractivity contribution in [1.29, 1.82) is 0 Å². The number of hydrogen-bond acceptors (Lipinski definition) is 5. The molecule has 1 aliphatic carbocycles. The minimum Gasteiger partial charge on any atom is -0.493 e. The maximum Gasteiger partial charge on any atom is 0.320 e. The van der Waals surface area contributed by atoms with Crippen LogP contribution in [0.15, 0.2) is 24.3 Å². The first kappa shape index (κ1) is 15.6. The number of rotatable bonds is 9. The van der Waals surface area contributed by atoms with Crippen molar-refractivity contribution in [3.8, 4) is 11.5 Å². The van der Waals surface area contributed by atoms with Crippen LogP contribution in [-0.4, -0.2) is 50.3 Å². The Morgan fingerprint density at radius 1 is 1.29 bits per heavy atom. The highest BCUT2D eigenvalue weighted by Gasteiger charge is 2.30. The molecule has 0 radical (unpaired) electrons. The van der Waals surface area contributed by atoms with E-state index in [1.165, 1.54) is 0 Å². The molecule has 5 nitrogen and oxygen atoms in total. The summed E-state index contributed by atoms with van der Waals surface area (Å²) in [6, 6.07) is 8.06. The summed E-state index contributed by atoms with van der Waals surface area (Å²) >= 11 is 0. The van der Waals surface area contributed by atoms with Gasteiger partial charge in [0.15, 0.2) is 11.5 Å². The van der Waals surface area contributed by atoms with Gasteiger partial charge in [-0.3, -0.25) is 9.69 Å². The van der Waals surface area contributed by atoms with E-state index in [0.29, 0.717) is 32.3 Å². The van der Waals surface area contributed by atoms with Crippen LogP contribution in [0.4, 0.5) is 0 Å². The quantitative estimate of drug-likeness (QED) is 0.653. The van der Waals surface area contributed by atoms with E-state index in [1.54, 1.807) is 7.11 Å². The van der Waals surface area contributed by atoms with Crippen LogP contribution in [-0.2, 0) is 9.53 Å². The minimum atomic E-state index is -0.165. The Labute approximate surface area is 125 Å². The molecular formula is C16H23NO4. The lowest BCUT2D eigenvalue weighted by atomic mass is 10.3. The number of carbonyl (C=O) groups is 1. The minimum absolute atomic E-state index is 0.165. The summed E-state index contributed by atoms with van der Waals surface area (Å²) in [5.41, 5.74) is 0. The molecule has 1 saturated carbocycles. The van der Waals surface area contributed by atoms with Gasteiger partial charge < -0.3 is 14.2 Å². The molecule has 2 rings (SSSR count). The van der Waals surface area contributed by atoms with E-state index in [9.17, 15) is 4.79 Å². The average Bonchev–Trinajstić information content (AvgIpc) is 3.31. The summed E-state index contributed by atoms with van der Waals surface area (Å²) in [5.74, 6) is 1.29. The molecular weight excluding hydrogens is 270 g/mol. The number of hydrogen-bond donors (Lipinski definition) is 0. The van der Waals surface area contributed by atoms with E-state index in [2.05, 4.69) is 4.90 Å². The van der Waals surface area contributed by atoms with Gasteiger partial charge >= 0.3 is 5.97 Å². The number of esters is 1. The van der Waals surface area contributed by atoms with Crippen molar-refractivity contribution < 1.29 is 19.0 Å².